The van der Waals surface area contributed by atoms with Crippen molar-refractivity contribution >= 4 is 27.3 Å². The largest absolute Gasteiger partial charge is 0.337 e. The number of amides is 1. The van der Waals surface area contributed by atoms with Crippen LogP contribution in [-0.4, -0.2) is 32.5 Å². The van der Waals surface area contributed by atoms with E-state index >= 15 is 0 Å². The van der Waals surface area contributed by atoms with Gasteiger partial charge in [-0.05, 0) is 29.8 Å². The van der Waals surface area contributed by atoms with Gasteiger partial charge in [-0.1, -0.05) is 35.9 Å². The van der Waals surface area contributed by atoms with E-state index in [4.69, 9.17) is 11.6 Å². The molecule has 0 aliphatic carbocycles. The number of carbonyl (C=O) groups is 1. The van der Waals surface area contributed by atoms with Crippen LogP contribution in [0.25, 0.3) is 0 Å². The number of carbonyl (C=O) groups excluding carboxylic acids is 1. The van der Waals surface area contributed by atoms with Crippen molar-refractivity contribution in [1.29, 1.82) is 0 Å². The molecule has 0 atom stereocenters. The first-order valence-electron chi connectivity index (χ1n) is 6.58. The van der Waals surface area contributed by atoms with Gasteiger partial charge < -0.3 is 4.90 Å². The zero-order chi connectivity index (χ0) is 16.3. The van der Waals surface area contributed by atoms with E-state index in [0.717, 1.165) is 11.8 Å². The molecule has 4 nitrogen and oxygen atoms in total. The van der Waals surface area contributed by atoms with Crippen LogP contribution < -0.4 is 0 Å². The van der Waals surface area contributed by atoms with Gasteiger partial charge in [0.05, 0.1) is 10.5 Å². The van der Waals surface area contributed by atoms with E-state index in [0.29, 0.717) is 11.6 Å². The third kappa shape index (κ3) is 3.87. The molecule has 2 aromatic carbocycles. The summed E-state index contributed by atoms with van der Waals surface area (Å²) in [6, 6.07) is 13.4. The molecule has 0 saturated heterocycles. The highest BCUT2D eigenvalue weighted by Gasteiger charge is 2.20. The summed E-state index contributed by atoms with van der Waals surface area (Å²) in [5.41, 5.74) is 1.10. The van der Waals surface area contributed by atoms with Gasteiger partial charge in [-0.3, -0.25) is 4.79 Å². The Balaban J connectivity index is 2.26. The Morgan fingerprint density at radius 1 is 1.09 bits per heavy atom. The second kappa shape index (κ2) is 6.50. The molecule has 0 N–H and O–H groups in total. The molecule has 116 valence electrons. The van der Waals surface area contributed by atoms with Gasteiger partial charge in [0.2, 0.25) is 0 Å². The van der Waals surface area contributed by atoms with Crippen molar-refractivity contribution in [1.82, 2.24) is 4.90 Å². The summed E-state index contributed by atoms with van der Waals surface area (Å²) in [4.78, 5) is 14.0. The van der Waals surface area contributed by atoms with Crippen LogP contribution in [0.3, 0.4) is 0 Å². The fraction of sp³-hybridized carbons (Fsp3) is 0.188. The molecule has 0 saturated carbocycles. The van der Waals surface area contributed by atoms with Crippen molar-refractivity contribution in [2.24, 2.45) is 0 Å². The quantitative estimate of drug-likeness (QED) is 0.861. The zero-order valence-corrected chi connectivity index (χ0v) is 13.9. The molecular formula is C16H16ClNO3S. The van der Waals surface area contributed by atoms with Crippen LogP contribution in [-0.2, 0) is 16.4 Å². The third-order valence-corrected chi connectivity index (χ3v) is 4.60. The molecule has 1 amide bonds. The molecule has 0 fully saturated rings. The lowest BCUT2D eigenvalue weighted by atomic mass is 10.1. The van der Waals surface area contributed by atoms with Gasteiger partial charge in [-0.2, -0.15) is 0 Å². The van der Waals surface area contributed by atoms with Gasteiger partial charge in [0.15, 0.2) is 9.84 Å². The van der Waals surface area contributed by atoms with Crippen molar-refractivity contribution in [3.8, 4) is 0 Å². The van der Waals surface area contributed by atoms with Crippen molar-refractivity contribution in [3.05, 3.63) is 64.7 Å². The summed E-state index contributed by atoms with van der Waals surface area (Å²) in [5.74, 6) is -0.337. The van der Waals surface area contributed by atoms with Crippen LogP contribution in [0.1, 0.15) is 15.9 Å². The predicted molar refractivity (Wildman–Crippen MR) is 86.8 cm³/mol. The van der Waals surface area contributed by atoms with Crippen LogP contribution in [0.5, 0.6) is 0 Å². The van der Waals surface area contributed by atoms with Crippen LogP contribution in [0, 0.1) is 0 Å². The average molecular weight is 338 g/mol. The first kappa shape index (κ1) is 16.5. The topological polar surface area (TPSA) is 54.5 Å². The predicted octanol–water partition coefficient (Wildman–Crippen LogP) is 3.02. The molecule has 2 rings (SSSR count). The Morgan fingerprint density at radius 3 is 2.27 bits per heavy atom. The number of hydrogen-bond acceptors (Lipinski definition) is 3. The molecule has 0 spiro atoms. The van der Waals surface area contributed by atoms with Gasteiger partial charge >= 0.3 is 0 Å². The summed E-state index contributed by atoms with van der Waals surface area (Å²) in [5, 5.41) is 0.625. The second-order valence-electron chi connectivity index (χ2n) is 5.06. The summed E-state index contributed by atoms with van der Waals surface area (Å²) in [6.07, 6.45) is 1.10. The maximum absolute atomic E-state index is 12.5. The van der Waals surface area contributed by atoms with Crippen LogP contribution in [0.4, 0.5) is 0 Å². The smallest absolute Gasteiger partial charge is 0.255 e. The molecule has 2 aromatic rings. The number of halogens is 1. The third-order valence-electron chi connectivity index (χ3n) is 3.20. The van der Waals surface area contributed by atoms with E-state index < -0.39 is 9.84 Å². The summed E-state index contributed by atoms with van der Waals surface area (Å²) >= 11 is 5.83. The molecule has 0 unspecified atom stereocenters. The molecule has 0 aliphatic heterocycles. The van der Waals surface area contributed by atoms with Crippen molar-refractivity contribution < 1.29 is 13.2 Å². The molecular weight excluding hydrogens is 322 g/mol. The van der Waals surface area contributed by atoms with Crippen LogP contribution in [0.2, 0.25) is 5.02 Å². The minimum atomic E-state index is -3.46. The lowest BCUT2D eigenvalue weighted by molar-refractivity contribution is 0.0781. The fourth-order valence-electron chi connectivity index (χ4n) is 2.11. The normalized spacial score (nSPS) is 11.2. The summed E-state index contributed by atoms with van der Waals surface area (Å²) in [6.45, 7) is 0.369. The number of nitrogens with zero attached hydrogens (tertiary/aromatic N) is 1. The molecule has 0 heterocycles. The van der Waals surface area contributed by atoms with E-state index in [-0.39, 0.29) is 16.4 Å². The maximum Gasteiger partial charge on any atom is 0.255 e. The Bertz CT molecular complexity index is 785. The lowest BCUT2D eigenvalue weighted by Gasteiger charge is -2.18. The second-order valence-corrected chi connectivity index (χ2v) is 7.48. The van der Waals surface area contributed by atoms with Gasteiger partial charge in [0.25, 0.3) is 5.91 Å². The van der Waals surface area contributed by atoms with Gasteiger partial charge in [-0.25, -0.2) is 8.42 Å². The van der Waals surface area contributed by atoms with Crippen molar-refractivity contribution in [2.45, 2.75) is 11.4 Å². The number of hydrogen-bond donors (Lipinski definition) is 0. The molecule has 0 bridgehead atoms. The molecule has 6 heteroatoms. The molecule has 22 heavy (non-hydrogen) atoms. The highest BCUT2D eigenvalue weighted by molar-refractivity contribution is 7.90. The number of benzene rings is 2. The fourth-order valence-corrected chi connectivity index (χ4v) is 3.11. The lowest BCUT2D eigenvalue weighted by Crippen LogP contribution is -2.27. The molecule has 0 radical (unpaired) electrons. The number of sulfone groups is 1. The van der Waals surface area contributed by atoms with Gasteiger partial charge in [0, 0.05) is 24.9 Å². The minimum absolute atomic E-state index is 0.0444. The summed E-state index contributed by atoms with van der Waals surface area (Å²) < 4.78 is 23.6. The van der Waals surface area contributed by atoms with Crippen molar-refractivity contribution in [2.75, 3.05) is 13.3 Å². The van der Waals surface area contributed by atoms with Gasteiger partial charge in [0.1, 0.15) is 0 Å². The first-order valence-corrected chi connectivity index (χ1v) is 8.85. The highest BCUT2D eigenvalue weighted by Crippen LogP contribution is 2.18. The molecule has 0 aliphatic rings. The van der Waals surface area contributed by atoms with Gasteiger partial charge in [-0.15, -0.1) is 0 Å². The standard InChI is InChI=1S/C16H16ClNO3S/c1-18(11-12-7-9-13(17)10-8-12)16(19)14-5-3-4-6-15(14)22(2,20)21/h3-10H,11H2,1-2H3. The van der Waals surface area contributed by atoms with Crippen molar-refractivity contribution in [3.63, 3.8) is 0 Å². The Hall–Kier alpha value is -1.85. The van der Waals surface area contributed by atoms with Crippen LogP contribution >= 0.6 is 11.6 Å². The van der Waals surface area contributed by atoms with E-state index in [2.05, 4.69) is 0 Å². The maximum atomic E-state index is 12.5. The first-order chi connectivity index (χ1) is 10.3. The van der Waals surface area contributed by atoms with Crippen LogP contribution in [0.15, 0.2) is 53.4 Å². The summed E-state index contributed by atoms with van der Waals surface area (Å²) in [7, 11) is -1.82. The Morgan fingerprint density at radius 2 is 1.68 bits per heavy atom. The average Bonchev–Trinajstić information content (AvgIpc) is 2.48. The Kier molecular flexibility index (Phi) is 4.88. The SMILES string of the molecule is CN(Cc1ccc(Cl)cc1)C(=O)c1ccccc1S(C)(=O)=O. The van der Waals surface area contributed by atoms with E-state index in [1.807, 2.05) is 12.1 Å². The van der Waals surface area contributed by atoms with E-state index in [1.54, 1.807) is 31.3 Å². The monoisotopic (exact) mass is 337 g/mol. The Labute approximate surface area is 135 Å². The zero-order valence-electron chi connectivity index (χ0n) is 12.3. The minimum Gasteiger partial charge on any atom is -0.337 e. The van der Waals surface area contributed by atoms with E-state index in [9.17, 15) is 13.2 Å². The van der Waals surface area contributed by atoms with E-state index in [1.165, 1.54) is 17.0 Å². The highest BCUT2D eigenvalue weighted by atomic mass is 35.5. The number of rotatable bonds is 4. The molecule has 0 aromatic heterocycles.